The number of esters is 1. The Hall–Kier alpha value is -3.50. The maximum absolute atomic E-state index is 14.0. The van der Waals surface area contributed by atoms with Crippen molar-refractivity contribution in [2.24, 2.45) is 0 Å². The molecule has 3 aromatic rings. The Bertz CT molecular complexity index is 1260. The summed E-state index contributed by atoms with van der Waals surface area (Å²) in [7, 11) is 0. The maximum atomic E-state index is 14.0. The number of fused-ring (bicyclic) bond motifs is 1. The zero-order valence-corrected chi connectivity index (χ0v) is 21.4. The number of nitrogens with zero attached hydrogens (tertiary/aromatic N) is 2. The second-order valence-electron chi connectivity index (χ2n) is 9.71. The summed E-state index contributed by atoms with van der Waals surface area (Å²) in [5, 5.41) is 6.93. The van der Waals surface area contributed by atoms with E-state index in [1.165, 1.54) is 12.1 Å². The number of nitrogens with one attached hydrogen (secondary N) is 1. The highest BCUT2D eigenvalue weighted by molar-refractivity contribution is 5.95. The van der Waals surface area contributed by atoms with Gasteiger partial charge in [0, 0.05) is 6.42 Å². The van der Waals surface area contributed by atoms with Crippen molar-refractivity contribution in [3.05, 3.63) is 83.0 Å². The molecule has 0 saturated heterocycles. The normalized spacial score (nSPS) is 17.8. The van der Waals surface area contributed by atoms with Crippen molar-refractivity contribution in [1.29, 1.82) is 0 Å². The molecule has 2 unspecified atom stereocenters. The average Bonchev–Trinajstić information content (AvgIpc) is 3.32. The van der Waals surface area contributed by atoms with Crippen LogP contribution in [0.4, 0.5) is 32.2 Å². The van der Waals surface area contributed by atoms with Gasteiger partial charge in [-0.05, 0) is 36.1 Å². The molecule has 39 heavy (non-hydrogen) atoms. The molecular formula is C28H29F6N3O2. The smallest absolute Gasteiger partial charge is 0.416 e. The molecule has 1 aromatic heterocycles. The fourth-order valence-corrected chi connectivity index (χ4v) is 5.19. The Morgan fingerprint density at radius 1 is 0.949 bits per heavy atom. The molecule has 0 radical (unpaired) electrons. The molecule has 11 heteroatoms. The minimum absolute atomic E-state index is 0.114. The molecule has 0 fully saturated rings. The van der Waals surface area contributed by atoms with E-state index in [1.54, 1.807) is 30.3 Å². The molecular weight excluding hydrogens is 524 g/mol. The van der Waals surface area contributed by atoms with Gasteiger partial charge >= 0.3 is 18.3 Å². The molecule has 0 bridgehead atoms. The largest absolute Gasteiger partial charge is 0.450 e. The highest BCUT2D eigenvalue weighted by atomic mass is 19.4. The summed E-state index contributed by atoms with van der Waals surface area (Å²) in [4.78, 5) is 13.6. The quantitative estimate of drug-likeness (QED) is 0.226. The van der Waals surface area contributed by atoms with Gasteiger partial charge in [-0.15, -0.1) is 0 Å². The number of alkyl halides is 6. The lowest BCUT2D eigenvalue weighted by molar-refractivity contribution is -0.173. The van der Waals surface area contributed by atoms with E-state index < -0.39 is 41.6 Å². The summed E-state index contributed by atoms with van der Waals surface area (Å²) in [6.07, 6.45) is -6.70. The highest BCUT2D eigenvalue weighted by Crippen LogP contribution is 2.45. The van der Waals surface area contributed by atoms with Crippen molar-refractivity contribution >= 4 is 11.8 Å². The van der Waals surface area contributed by atoms with Crippen molar-refractivity contribution in [1.82, 2.24) is 9.78 Å². The van der Waals surface area contributed by atoms with Crippen LogP contribution in [0.3, 0.4) is 0 Å². The van der Waals surface area contributed by atoms with Gasteiger partial charge in [0.05, 0.1) is 17.8 Å². The first-order chi connectivity index (χ1) is 18.4. The Kier molecular flexibility index (Phi) is 7.99. The zero-order chi connectivity index (χ0) is 28.4. The van der Waals surface area contributed by atoms with E-state index in [0.717, 1.165) is 23.0 Å². The number of anilines is 1. The van der Waals surface area contributed by atoms with Crippen LogP contribution in [0.25, 0.3) is 0 Å². The van der Waals surface area contributed by atoms with E-state index in [0.29, 0.717) is 36.8 Å². The number of halogens is 6. The van der Waals surface area contributed by atoms with E-state index in [9.17, 15) is 31.1 Å². The Balaban J connectivity index is 1.72. The Morgan fingerprint density at radius 3 is 2.08 bits per heavy atom. The van der Waals surface area contributed by atoms with E-state index >= 15 is 0 Å². The van der Waals surface area contributed by atoms with E-state index in [-0.39, 0.29) is 17.8 Å². The van der Waals surface area contributed by atoms with Gasteiger partial charge in [-0.2, -0.15) is 31.4 Å². The molecule has 1 aliphatic heterocycles. The van der Waals surface area contributed by atoms with Crippen LogP contribution in [0.1, 0.15) is 85.1 Å². The molecule has 2 heterocycles. The number of hydrogen-bond donors (Lipinski definition) is 1. The second kappa shape index (κ2) is 10.9. The minimum atomic E-state index is -4.62. The number of aromatic nitrogens is 2. The number of carbonyl (C=O) groups excluding carboxylic acids is 1. The van der Waals surface area contributed by atoms with Crippen LogP contribution in [-0.4, -0.2) is 21.9 Å². The van der Waals surface area contributed by atoms with Crippen LogP contribution < -0.4 is 5.32 Å². The van der Waals surface area contributed by atoms with Gasteiger partial charge < -0.3 is 10.1 Å². The lowest BCUT2D eigenvalue weighted by Crippen LogP contribution is -2.36. The van der Waals surface area contributed by atoms with Gasteiger partial charge in [0.25, 0.3) is 0 Å². The van der Waals surface area contributed by atoms with Crippen molar-refractivity contribution in [2.75, 3.05) is 5.32 Å². The molecule has 2 aromatic carbocycles. The topological polar surface area (TPSA) is 56.1 Å². The molecule has 1 aliphatic rings. The summed E-state index contributed by atoms with van der Waals surface area (Å²) in [6.45, 7) is 3.70. The van der Waals surface area contributed by atoms with Gasteiger partial charge in [0.15, 0.2) is 6.04 Å². The molecule has 210 valence electrons. The monoisotopic (exact) mass is 553 g/mol. The lowest BCUT2D eigenvalue weighted by atomic mass is 9.84. The number of carbonyl (C=O) groups is 1. The average molecular weight is 554 g/mol. The van der Waals surface area contributed by atoms with Crippen LogP contribution in [0.2, 0.25) is 0 Å². The van der Waals surface area contributed by atoms with Crippen molar-refractivity contribution in [3.8, 4) is 0 Å². The molecule has 0 spiro atoms. The van der Waals surface area contributed by atoms with Crippen LogP contribution >= 0.6 is 0 Å². The second-order valence-corrected chi connectivity index (χ2v) is 9.71. The molecule has 4 rings (SSSR count). The summed E-state index contributed by atoms with van der Waals surface area (Å²) < 4.78 is 88.4. The molecule has 2 atom stereocenters. The first kappa shape index (κ1) is 28.5. The number of benzene rings is 2. The third-order valence-electron chi connectivity index (χ3n) is 6.99. The standard InChI is InChI=1S/C28H29F6N3O2/c1-3-14-26(15-4-2,19-10-12-20(13-11-19)27(29,30)31)39-25(38)21-17-35-37-23(28(32,33)34)16-22(36-24(21)37)18-8-6-5-7-9-18/h5-13,17,22-23,36H,3-4,14-16H2,1-2H3. The molecule has 1 N–H and O–H groups in total. The van der Waals surface area contributed by atoms with Crippen LogP contribution in [-0.2, 0) is 16.5 Å². The summed E-state index contributed by atoms with van der Waals surface area (Å²) in [5.41, 5.74) is -1.27. The van der Waals surface area contributed by atoms with Gasteiger partial charge in [0.2, 0.25) is 0 Å². The van der Waals surface area contributed by atoms with Gasteiger partial charge in [-0.25, -0.2) is 9.48 Å². The van der Waals surface area contributed by atoms with Crippen molar-refractivity contribution < 1.29 is 35.9 Å². The third kappa shape index (κ3) is 5.91. The predicted octanol–water partition coefficient (Wildman–Crippen LogP) is 8.21. The molecule has 0 saturated carbocycles. The fraction of sp³-hybridized carbons (Fsp3) is 0.429. The zero-order valence-electron chi connectivity index (χ0n) is 21.4. The van der Waals surface area contributed by atoms with Crippen molar-refractivity contribution in [3.63, 3.8) is 0 Å². The van der Waals surface area contributed by atoms with E-state index in [1.807, 2.05) is 13.8 Å². The van der Waals surface area contributed by atoms with E-state index in [4.69, 9.17) is 4.74 Å². The number of rotatable bonds is 8. The maximum Gasteiger partial charge on any atom is 0.416 e. The number of ether oxygens (including phenoxy) is 1. The SMILES string of the molecule is CCCC(CCC)(OC(=O)c1cnn2c1NC(c1ccccc1)CC2C(F)(F)F)c1ccc(C(F)(F)F)cc1. The molecule has 0 aliphatic carbocycles. The Morgan fingerprint density at radius 2 is 1.54 bits per heavy atom. The van der Waals surface area contributed by atoms with Crippen LogP contribution in [0.5, 0.6) is 0 Å². The summed E-state index contributed by atoms with van der Waals surface area (Å²) in [5.74, 6) is -1.02. The van der Waals surface area contributed by atoms with Crippen molar-refractivity contribution in [2.45, 2.75) is 76.0 Å². The lowest BCUT2D eigenvalue weighted by Gasteiger charge is -2.35. The van der Waals surface area contributed by atoms with Gasteiger partial charge in [-0.1, -0.05) is 69.2 Å². The van der Waals surface area contributed by atoms with Crippen LogP contribution in [0, 0.1) is 0 Å². The van der Waals surface area contributed by atoms with Crippen LogP contribution in [0.15, 0.2) is 60.8 Å². The summed E-state index contributed by atoms with van der Waals surface area (Å²) in [6, 6.07) is 10.3. The molecule has 0 amide bonds. The molecule has 5 nitrogen and oxygen atoms in total. The fourth-order valence-electron chi connectivity index (χ4n) is 5.19. The summed E-state index contributed by atoms with van der Waals surface area (Å²) >= 11 is 0. The van der Waals surface area contributed by atoms with Gasteiger partial charge in [-0.3, -0.25) is 0 Å². The minimum Gasteiger partial charge on any atom is -0.450 e. The first-order valence-electron chi connectivity index (χ1n) is 12.8. The third-order valence-corrected chi connectivity index (χ3v) is 6.99. The van der Waals surface area contributed by atoms with Gasteiger partial charge in [0.1, 0.15) is 17.0 Å². The number of hydrogen-bond acceptors (Lipinski definition) is 4. The van der Waals surface area contributed by atoms with E-state index in [2.05, 4.69) is 10.4 Å². The highest BCUT2D eigenvalue weighted by Gasteiger charge is 2.48. The Labute approximate surface area is 222 Å². The predicted molar refractivity (Wildman–Crippen MR) is 133 cm³/mol. The first-order valence-corrected chi connectivity index (χ1v) is 12.8.